The van der Waals surface area contributed by atoms with E-state index in [4.69, 9.17) is 16.3 Å². The monoisotopic (exact) mass is 633 g/mol. The van der Waals surface area contributed by atoms with E-state index < -0.39 is 35.1 Å². The summed E-state index contributed by atoms with van der Waals surface area (Å²) in [4.78, 5) is 49.4. The van der Waals surface area contributed by atoms with Gasteiger partial charge in [0.15, 0.2) is 0 Å². The topological polar surface area (TPSA) is 90.4 Å². The zero-order valence-electron chi connectivity index (χ0n) is 26.6. The van der Waals surface area contributed by atoms with Crippen molar-refractivity contribution in [3.05, 3.63) is 84.9 Å². The van der Waals surface area contributed by atoms with Crippen LogP contribution < -0.4 is 9.80 Å². The van der Waals surface area contributed by atoms with E-state index in [0.29, 0.717) is 29.2 Å². The van der Waals surface area contributed by atoms with Gasteiger partial charge in [0, 0.05) is 29.5 Å². The summed E-state index contributed by atoms with van der Waals surface area (Å²) in [5.74, 6) is -2.93. The van der Waals surface area contributed by atoms with Crippen LogP contribution in [0.5, 0.6) is 0 Å². The number of carbonyl (C=O) groups is 3. The standard InChI is InChI=1S/C36H44ClN3O5/c1-7-19-38(26-13-11-10-12-14-26)32(42)29-30-33(43)40(28(22-41)23(4)9-3)31(36(30)21-24(5)35(29,6)45-36)34(44)39(20-8-2)27-17-15-25(37)16-18-27/h7-8,10-18,23-24,28-31,41H,1-2,9,19-22H2,3-6H3/t23-,24?,28-,29-,30-,31?,35+,36?/m0/s1. The van der Waals surface area contributed by atoms with Gasteiger partial charge in [0.2, 0.25) is 11.8 Å². The number of halogens is 1. The highest BCUT2D eigenvalue weighted by molar-refractivity contribution is 6.30. The van der Waals surface area contributed by atoms with Gasteiger partial charge in [0.1, 0.15) is 11.6 Å². The Balaban J connectivity index is 1.68. The number of likely N-dealkylation sites (tertiary alicyclic amines) is 1. The van der Waals surface area contributed by atoms with E-state index in [1.54, 1.807) is 51.1 Å². The fourth-order valence-electron chi connectivity index (χ4n) is 7.95. The molecule has 8 nitrogen and oxygen atoms in total. The molecule has 0 aliphatic carbocycles. The summed E-state index contributed by atoms with van der Waals surface area (Å²) < 4.78 is 7.00. The zero-order chi connectivity index (χ0) is 32.7. The van der Waals surface area contributed by atoms with Gasteiger partial charge in [-0.15, -0.1) is 13.2 Å². The third kappa shape index (κ3) is 5.21. The Morgan fingerprint density at radius 3 is 2.20 bits per heavy atom. The summed E-state index contributed by atoms with van der Waals surface area (Å²) in [6.45, 7) is 15.8. The first-order valence-corrected chi connectivity index (χ1v) is 16.2. The van der Waals surface area contributed by atoms with Crippen molar-refractivity contribution in [3.63, 3.8) is 0 Å². The van der Waals surface area contributed by atoms with Gasteiger partial charge in [-0.25, -0.2) is 0 Å². The normalized spacial score (nSPS) is 29.6. The van der Waals surface area contributed by atoms with Gasteiger partial charge in [0.25, 0.3) is 5.91 Å². The lowest BCUT2D eigenvalue weighted by atomic mass is 9.62. The molecular formula is C36H44ClN3O5. The molecule has 3 aliphatic heterocycles. The Kier molecular flexibility index (Phi) is 9.32. The minimum atomic E-state index is -1.27. The number of anilines is 2. The van der Waals surface area contributed by atoms with Crippen molar-refractivity contribution in [2.45, 2.75) is 63.8 Å². The van der Waals surface area contributed by atoms with Crippen LogP contribution in [-0.2, 0) is 19.1 Å². The van der Waals surface area contributed by atoms with Crippen molar-refractivity contribution in [1.82, 2.24) is 4.90 Å². The Labute approximate surface area is 271 Å². The molecular weight excluding hydrogens is 590 g/mol. The maximum atomic E-state index is 15.0. The number of aliphatic hydroxyl groups is 1. The maximum absolute atomic E-state index is 15.0. The highest BCUT2D eigenvalue weighted by Crippen LogP contribution is 2.66. The molecule has 3 heterocycles. The number of carbonyl (C=O) groups excluding carboxylic acids is 3. The average Bonchev–Trinajstić information content (AvgIpc) is 3.55. The summed E-state index contributed by atoms with van der Waals surface area (Å²) >= 11 is 6.18. The van der Waals surface area contributed by atoms with E-state index in [0.717, 1.165) is 0 Å². The Bertz CT molecular complexity index is 1450. The van der Waals surface area contributed by atoms with Crippen LogP contribution in [0.3, 0.4) is 0 Å². The molecule has 5 rings (SSSR count). The molecule has 3 fully saturated rings. The third-order valence-electron chi connectivity index (χ3n) is 10.5. The second kappa shape index (κ2) is 12.7. The fraction of sp³-hybridized carbons (Fsp3) is 0.472. The van der Waals surface area contributed by atoms with Crippen LogP contribution in [0.2, 0.25) is 5.02 Å². The van der Waals surface area contributed by atoms with Gasteiger partial charge in [0.05, 0.1) is 30.1 Å². The SMILES string of the molecule is C=CCN(C(=O)C1N([C@@H](CO)[C@@H](C)CC)C(=O)[C@@H]2[C@@H](C(=O)N(CC=C)c3ccccc3)[C@]3(C)OC12CC3C)c1ccc(Cl)cc1. The van der Waals surface area contributed by atoms with Gasteiger partial charge < -0.3 is 24.5 Å². The number of amides is 3. The molecule has 9 heteroatoms. The van der Waals surface area contributed by atoms with Crippen molar-refractivity contribution in [1.29, 1.82) is 0 Å². The lowest BCUT2D eigenvalue weighted by Gasteiger charge is -2.41. The van der Waals surface area contributed by atoms with E-state index in [9.17, 15) is 19.5 Å². The van der Waals surface area contributed by atoms with Crippen LogP contribution in [0, 0.1) is 23.7 Å². The number of ether oxygens (including phenoxy) is 1. The first kappa shape index (κ1) is 32.9. The molecule has 2 aromatic rings. The number of benzene rings is 2. The summed E-state index contributed by atoms with van der Waals surface area (Å²) in [5.41, 5.74) is -0.976. The summed E-state index contributed by atoms with van der Waals surface area (Å²) in [7, 11) is 0. The Morgan fingerprint density at radius 1 is 1.07 bits per heavy atom. The average molecular weight is 634 g/mol. The minimum Gasteiger partial charge on any atom is -0.394 e. The second-order valence-electron chi connectivity index (χ2n) is 12.9. The van der Waals surface area contributed by atoms with Crippen molar-refractivity contribution in [3.8, 4) is 0 Å². The summed E-state index contributed by atoms with van der Waals surface area (Å²) in [6, 6.07) is 14.5. The molecule has 1 spiro atoms. The molecule has 0 aromatic heterocycles. The van der Waals surface area contributed by atoms with E-state index >= 15 is 0 Å². The smallest absolute Gasteiger partial charge is 0.253 e. The molecule has 8 atom stereocenters. The van der Waals surface area contributed by atoms with Crippen LogP contribution >= 0.6 is 11.6 Å². The van der Waals surface area contributed by atoms with E-state index in [2.05, 4.69) is 13.2 Å². The Morgan fingerprint density at radius 2 is 1.64 bits per heavy atom. The number of para-hydroxylation sites is 1. The summed E-state index contributed by atoms with van der Waals surface area (Å²) in [6.07, 6.45) is 4.40. The highest BCUT2D eigenvalue weighted by Gasteiger charge is 2.80. The lowest BCUT2D eigenvalue weighted by molar-refractivity contribution is -0.150. The number of rotatable bonds is 12. The molecule has 2 bridgehead atoms. The fourth-order valence-corrected chi connectivity index (χ4v) is 8.08. The molecule has 240 valence electrons. The lowest BCUT2D eigenvalue weighted by Crippen LogP contribution is -2.60. The quantitative estimate of drug-likeness (QED) is 0.312. The first-order valence-electron chi connectivity index (χ1n) is 15.8. The van der Waals surface area contributed by atoms with Crippen LogP contribution in [0.25, 0.3) is 0 Å². The molecule has 3 amide bonds. The third-order valence-corrected chi connectivity index (χ3v) is 10.7. The van der Waals surface area contributed by atoms with Gasteiger partial charge >= 0.3 is 0 Å². The van der Waals surface area contributed by atoms with Gasteiger partial charge in [-0.3, -0.25) is 14.4 Å². The van der Waals surface area contributed by atoms with Crippen molar-refractivity contribution in [2.75, 3.05) is 29.5 Å². The van der Waals surface area contributed by atoms with Crippen LogP contribution in [0.15, 0.2) is 79.9 Å². The predicted molar refractivity (Wildman–Crippen MR) is 177 cm³/mol. The van der Waals surface area contributed by atoms with E-state index in [1.807, 2.05) is 58.0 Å². The second-order valence-corrected chi connectivity index (χ2v) is 13.3. The highest BCUT2D eigenvalue weighted by atomic mass is 35.5. The molecule has 0 saturated carbocycles. The largest absolute Gasteiger partial charge is 0.394 e. The molecule has 3 aliphatic rings. The molecule has 2 aromatic carbocycles. The minimum absolute atomic E-state index is 0.117. The van der Waals surface area contributed by atoms with E-state index in [-0.39, 0.29) is 49.3 Å². The Hall–Kier alpha value is -3.46. The van der Waals surface area contributed by atoms with Gasteiger partial charge in [-0.05, 0) is 61.6 Å². The first-order chi connectivity index (χ1) is 21.5. The van der Waals surface area contributed by atoms with Crippen LogP contribution in [0.1, 0.15) is 40.5 Å². The van der Waals surface area contributed by atoms with Crippen LogP contribution in [0.4, 0.5) is 11.4 Å². The number of fused-ring (bicyclic) bond motifs is 1. The van der Waals surface area contributed by atoms with E-state index in [1.165, 1.54) is 0 Å². The number of hydrogen-bond acceptors (Lipinski definition) is 5. The number of nitrogens with zero attached hydrogens (tertiary/aromatic N) is 3. The number of hydrogen-bond donors (Lipinski definition) is 1. The molecule has 3 saturated heterocycles. The van der Waals surface area contributed by atoms with Crippen LogP contribution in [-0.4, -0.2) is 70.7 Å². The molecule has 1 N–H and O–H groups in total. The van der Waals surface area contributed by atoms with Crippen molar-refractivity contribution in [2.24, 2.45) is 23.7 Å². The molecule has 3 unspecified atom stereocenters. The molecule has 0 radical (unpaired) electrons. The number of aliphatic hydroxyl groups excluding tert-OH is 1. The summed E-state index contributed by atoms with van der Waals surface area (Å²) in [5, 5.41) is 11.3. The van der Waals surface area contributed by atoms with Crippen molar-refractivity contribution >= 4 is 40.7 Å². The van der Waals surface area contributed by atoms with Gasteiger partial charge in [-0.2, -0.15) is 0 Å². The maximum Gasteiger partial charge on any atom is 0.253 e. The zero-order valence-corrected chi connectivity index (χ0v) is 27.3. The molecule has 45 heavy (non-hydrogen) atoms. The van der Waals surface area contributed by atoms with Crippen molar-refractivity contribution < 1.29 is 24.2 Å². The predicted octanol–water partition coefficient (Wildman–Crippen LogP) is 5.50. The van der Waals surface area contributed by atoms with Gasteiger partial charge in [-0.1, -0.05) is 69.1 Å².